The molecular weight excluding hydrogens is 270 g/mol. The van der Waals surface area contributed by atoms with Crippen molar-refractivity contribution < 1.29 is 19.8 Å². The first kappa shape index (κ1) is 15.4. The fourth-order valence-electron chi connectivity index (χ4n) is 2.35. The molecule has 0 saturated heterocycles. The lowest BCUT2D eigenvalue weighted by atomic mass is 10.1. The zero-order chi connectivity index (χ0) is 15.2. The number of hydrogen-bond acceptors (Lipinski definition) is 3. The van der Waals surface area contributed by atoms with E-state index in [2.05, 4.69) is 0 Å². The number of rotatable bonds is 8. The Morgan fingerprint density at radius 3 is 2.52 bits per heavy atom. The summed E-state index contributed by atoms with van der Waals surface area (Å²) in [6, 6.07) is 7.25. The molecule has 0 heterocycles. The smallest absolute Gasteiger partial charge is 0.303 e. The quantitative estimate of drug-likeness (QED) is 0.721. The third kappa shape index (κ3) is 5.10. The van der Waals surface area contributed by atoms with Crippen LogP contribution in [0.15, 0.2) is 24.3 Å². The number of carboxylic acids is 1. The zero-order valence-electron chi connectivity index (χ0n) is 12.0. The van der Waals surface area contributed by atoms with Gasteiger partial charge in [-0.05, 0) is 43.4 Å². The van der Waals surface area contributed by atoms with E-state index in [1.807, 2.05) is 11.0 Å². The summed E-state index contributed by atoms with van der Waals surface area (Å²) >= 11 is 0. The van der Waals surface area contributed by atoms with Crippen molar-refractivity contribution in [3.8, 4) is 5.75 Å². The number of amides is 1. The Morgan fingerprint density at radius 2 is 1.90 bits per heavy atom. The average molecular weight is 291 g/mol. The fraction of sp³-hybridized carbons (Fsp3) is 0.500. The Balaban J connectivity index is 1.86. The number of hydrogen-bond donors (Lipinski definition) is 2. The van der Waals surface area contributed by atoms with Gasteiger partial charge in [0.25, 0.3) is 0 Å². The van der Waals surface area contributed by atoms with Crippen molar-refractivity contribution in [2.75, 3.05) is 0 Å². The Kier molecular flexibility index (Phi) is 5.20. The highest BCUT2D eigenvalue weighted by molar-refractivity contribution is 5.77. The van der Waals surface area contributed by atoms with Crippen LogP contribution in [0.25, 0.3) is 0 Å². The third-order valence-electron chi connectivity index (χ3n) is 3.60. The van der Waals surface area contributed by atoms with Crippen molar-refractivity contribution in [2.24, 2.45) is 0 Å². The van der Waals surface area contributed by atoms with Crippen LogP contribution in [0.3, 0.4) is 0 Å². The molecule has 114 valence electrons. The molecule has 21 heavy (non-hydrogen) atoms. The van der Waals surface area contributed by atoms with Gasteiger partial charge in [-0.15, -0.1) is 0 Å². The van der Waals surface area contributed by atoms with Gasteiger partial charge in [0.05, 0.1) is 0 Å². The standard InChI is InChI=1S/C16H21NO4/c18-14-5-3-4-12(10-14)11-17(13-8-9-13)15(19)6-1-2-7-16(20)21/h3-5,10,13,18H,1-2,6-9,11H2,(H,20,21). The number of phenolic OH excluding ortho intramolecular Hbond substituents is 1. The van der Waals surface area contributed by atoms with E-state index in [1.54, 1.807) is 18.2 Å². The topological polar surface area (TPSA) is 77.8 Å². The Bertz CT molecular complexity index is 511. The summed E-state index contributed by atoms with van der Waals surface area (Å²) in [5.41, 5.74) is 0.917. The number of nitrogens with zero attached hydrogens (tertiary/aromatic N) is 1. The van der Waals surface area contributed by atoms with E-state index in [1.165, 1.54) is 0 Å². The summed E-state index contributed by atoms with van der Waals surface area (Å²) in [7, 11) is 0. The van der Waals surface area contributed by atoms with Crippen molar-refractivity contribution in [3.63, 3.8) is 0 Å². The van der Waals surface area contributed by atoms with Crippen molar-refractivity contribution in [1.82, 2.24) is 4.90 Å². The molecule has 1 fully saturated rings. The maximum absolute atomic E-state index is 12.3. The zero-order valence-corrected chi connectivity index (χ0v) is 12.0. The number of carbonyl (C=O) groups is 2. The summed E-state index contributed by atoms with van der Waals surface area (Å²) in [5.74, 6) is -0.537. The molecule has 1 amide bonds. The predicted molar refractivity (Wildman–Crippen MR) is 77.8 cm³/mol. The van der Waals surface area contributed by atoms with Crippen LogP contribution >= 0.6 is 0 Å². The lowest BCUT2D eigenvalue weighted by molar-refractivity contribution is -0.137. The van der Waals surface area contributed by atoms with Crippen molar-refractivity contribution in [2.45, 2.75) is 51.1 Å². The number of unbranched alkanes of at least 4 members (excludes halogenated alkanes) is 1. The van der Waals surface area contributed by atoms with Crippen LogP contribution in [-0.2, 0) is 16.1 Å². The van der Waals surface area contributed by atoms with E-state index >= 15 is 0 Å². The van der Waals surface area contributed by atoms with E-state index in [-0.39, 0.29) is 18.1 Å². The predicted octanol–water partition coefficient (Wildman–Crippen LogP) is 2.53. The minimum atomic E-state index is -0.818. The van der Waals surface area contributed by atoms with Gasteiger partial charge in [-0.3, -0.25) is 9.59 Å². The highest BCUT2D eigenvalue weighted by atomic mass is 16.4. The Morgan fingerprint density at radius 1 is 1.19 bits per heavy atom. The van der Waals surface area contributed by atoms with Gasteiger partial charge in [-0.1, -0.05) is 12.1 Å². The lowest BCUT2D eigenvalue weighted by Gasteiger charge is -2.22. The molecule has 0 bridgehead atoms. The Hall–Kier alpha value is -2.04. The highest BCUT2D eigenvalue weighted by Gasteiger charge is 2.32. The molecule has 2 N–H and O–H groups in total. The monoisotopic (exact) mass is 291 g/mol. The molecule has 0 spiro atoms. The molecule has 0 radical (unpaired) electrons. The third-order valence-corrected chi connectivity index (χ3v) is 3.60. The molecule has 0 atom stereocenters. The first-order valence-corrected chi connectivity index (χ1v) is 7.35. The van der Waals surface area contributed by atoms with E-state index in [4.69, 9.17) is 5.11 Å². The molecule has 0 unspecified atom stereocenters. The second kappa shape index (κ2) is 7.11. The molecule has 2 rings (SSSR count). The fourth-order valence-corrected chi connectivity index (χ4v) is 2.35. The number of aliphatic carboxylic acids is 1. The van der Waals surface area contributed by atoms with Crippen molar-refractivity contribution in [3.05, 3.63) is 29.8 Å². The average Bonchev–Trinajstić information content (AvgIpc) is 3.25. The molecule has 1 aromatic rings. The van der Waals surface area contributed by atoms with Crippen molar-refractivity contribution >= 4 is 11.9 Å². The summed E-state index contributed by atoms with van der Waals surface area (Å²) in [4.78, 5) is 24.6. The Labute approximate surface area is 124 Å². The van der Waals surface area contributed by atoms with E-state index in [9.17, 15) is 14.7 Å². The van der Waals surface area contributed by atoms with E-state index in [0.717, 1.165) is 18.4 Å². The van der Waals surface area contributed by atoms with Gasteiger partial charge in [0.2, 0.25) is 5.91 Å². The number of carbonyl (C=O) groups excluding carboxylic acids is 1. The lowest BCUT2D eigenvalue weighted by Crippen LogP contribution is -2.32. The number of phenols is 1. The van der Waals surface area contributed by atoms with Crippen molar-refractivity contribution in [1.29, 1.82) is 0 Å². The molecule has 1 aliphatic rings. The molecule has 1 saturated carbocycles. The highest BCUT2D eigenvalue weighted by Crippen LogP contribution is 2.29. The van der Waals surface area contributed by atoms with Gasteiger partial charge in [-0.25, -0.2) is 0 Å². The second-order valence-electron chi connectivity index (χ2n) is 5.52. The summed E-state index contributed by atoms with van der Waals surface area (Å²) < 4.78 is 0. The maximum Gasteiger partial charge on any atom is 0.303 e. The van der Waals surface area contributed by atoms with Crippen LogP contribution < -0.4 is 0 Å². The van der Waals surface area contributed by atoms with Gasteiger partial charge in [0, 0.05) is 25.4 Å². The van der Waals surface area contributed by atoms with Crippen LogP contribution in [0.5, 0.6) is 5.75 Å². The number of benzene rings is 1. The van der Waals surface area contributed by atoms with Gasteiger partial charge in [0.1, 0.15) is 5.75 Å². The van der Waals surface area contributed by atoms with Gasteiger partial charge < -0.3 is 15.1 Å². The summed E-state index contributed by atoms with van der Waals surface area (Å²) in [6.07, 6.45) is 3.70. The number of aromatic hydroxyl groups is 1. The van der Waals surface area contributed by atoms with Crippen LogP contribution in [0.1, 0.15) is 44.1 Å². The molecule has 0 aliphatic heterocycles. The van der Waals surface area contributed by atoms with Gasteiger partial charge in [0.15, 0.2) is 0 Å². The first-order valence-electron chi connectivity index (χ1n) is 7.35. The van der Waals surface area contributed by atoms with Crippen LogP contribution in [-0.4, -0.2) is 33.0 Å². The van der Waals surface area contributed by atoms with E-state index in [0.29, 0.717) is 31.8 Å². The minimum Gasteiger partial charge on any atom is -0.508 e. The summed E-state index contributed by atoms with van der Waals surface area (Å²) in [6.45, 7) is 0.511. The summed E-state index contributed by atoms with van der Waals surface area (Å²) in [5, 5.41) is 18.1. The van der Waals surface area contributed by atoms with Crippen LogP contribution in [0, 0.1) is 0 Å². The van der Waals surface area contributed by atoms with E-state index < -0.39 is 5.97 Å². The van der Waals surface area contributed by atoms with Gasteiger partial charge >= 0.3 is 5.97 Å². The van der Waals surface area contributed by atoms with Crippen LogP contribution in [0.4, 0.5) is 0 Å². The SMILES string of the molecule is O=C(O)CCCCC(=O)N(Cc1cccc(O)c1)C1CC1. The molecule has 1 aliphatic carbocycles. The minimum absolute atomic E-state index is 0.0752. The maximum atomic E-state index is 12.3. The molecule has 5 nitrogen and oxygen atoms in total. The van der Waals surface area contributed by atoms with Crippen LogP contribution in [0.2, 0.25) is 0 Å². The normalized spacial score (nSPS) is 13.9. The molecular formula is C16H21NO4. The largest absolute Gasteiger partial charge is 0.508 e. The molecule has 0 aromatic heterocycles. The number of carboxylic acid groups (broad SMARTS) is 1. The second-order valence-corrected chi connectivity index (χ2v) is 5.52. The molecule has 5 heteroatoms. The first-order chi connectivity index (χ1) is 10.1. The van der Waals surface area contributed by atoms with Gasteiger partial charge in [-0.2, -0.15) is 0 Å². The molecule has 1 aromatic carbocycles.